The maximum absolute atomic E-state index is 12.4. The fourth-order valence-corrected chi connectivity index (χ4v) is 3.94. The number of benzene rings is 3. The van der Waals surface area contributed by atoms with E-state index in [1.165, 1.54) is 24.3 Å². The van der Waals surface area contributed by atoms with Crippen molar-refractivity contribution >= 4 is 59.7 Å². The van der Waals surface area contributed by atoms with Crippen LogP contribution in [-0.4, -0.2) is 25.9 Å². The number of nitrogen functional groups attached to an aromatic ring is 1. The zero-order valence-electron chi connectivity index (χ0n) is 16.1. The summed E-state index contributed by atoms with van der Waals surface area (Å²) in [6.07, 6.45) is 0. The van der Waals surface area contributed by atoms with Crippen molar-refractivity contribution in [1.29, 1.82) is 0 Å². The van der Waals surface area contributed by atoms with Crippen LogP contribution >= 0.6 is 11.6 Å². The Morgan fingerprint density at radius 3 is 2.19 bits per heavy atom. The first kappa shape index (κ1) is 28.3. The molecule has 0 aromatic heterocycles. The van der Waals surface area contributed by atoms with E-state index in [2.05, 4.69) is 10.2 Å². The Labute approximate surface area is 226 Å². The molecule has 0 radical (unpaired) electrons. The first-order valence-corrected chi connectivity index (χ1v) is 10.8. The molecule has 0 unspecified atom stereocenters. The summed E-state index contributed by atoms with van der Waals surface area (Å²) in [7, 11) is -9.54. The second-order valence-electron chi connectivity index (χ2n) is 5.76. The molecule has 0 saturated carbocycles. The second kappa shape index (κ2) is 10.4. The predicted molar refractivity (Wildman–Crippen MR) is 101 cm³/mol. The number of hydrogen-bond acceptors (Lipinski definition) is 9. The van der Waals surface area contributed by atoms with Crippen LogP contribution in [0.2, 0.25) is 5.02 Å². The number of fused-ring (bicyclic) bond motifs is 1. The van der Waals surface area contributed by atoms with E-state index < -0.39 is 35.8 Å². The van der Waals surface area contributed by atoms with Crippen molar-refractivity contribution in [2.75, 3.05) is 5.73 Å². The molecule has 0 atom stereocenters. The summed E-state index contributed by atoms with van der Waals surface area (Å²) in [5, 5.41) is 19.9. The Kier molecular flexibility index (Phi) is 9.52. The summed E-state index contributed by atoms with van der Waals surface area (Å²) < 4.78 is 65.9. The van der Waals surface area contributed by atoms with Gasteiger partial charge in [-0.05, 0) is 35.7 Å². The first-order chi connectivity index (χ1) is 13.4. The summed E-state index contributed by atoms with van der Waals surface area (Å²) in [5.74, 6) is -0.843. The van der Waals surface area contributed by atoms with Crippen LogP contribution in [0.4, 0.5) is 17.1 Å². The van der Waals surface area contributed by atoms with Crippen LogP contribution in [0.25, 0.3) is 10.8 Å². The van der Waals surface area contributed by atoms with Gasteiger partial charge in [0.05, 0.1) is 10.6 Å². The molecule has 0 fully saturated rings. The molecule has 3 N–H and O–H groups in total. The topological polar surface area (TPSA) is 185 Å². The van der Waals surface area contributed by atoms with Gasteiger partial charge in [0.25, 0.3) is 10.1 Å². The molecule has 0 aliphatic carbocycles. The van der Waals surface area contributed by atoms with Crippen molar-refractivity contribution in [3.63, 3.8) is 0 Å². The molecule has 0 aliphatic rings. The first-order valence-electron chi connectivity index (χ1n) is 7.56. The molecule has 0 bridgehead atoms. The number of anilines is 1. The molecule has 0 saturated heterocycles. The molecule has 0 heterocycles. The van der Waals surface area contributed by atoms with Gasteiger partial charge in [-0.2, -0.15) is 8.42 Å². The smallest absolute Gasteiger partial charge is 0.872 e. The molecule has 10 nitrogen and oxygen atoms in total. The Bertz CT molecular complexity index is 1400. The molecule has 3 aromatic carbocycles. The van der Waals surface area contributed by atoms with Crippen molar-refractivity contribution in [3.8, 4) is 5.75 Å². The van der Waals surface area contributed by atoms with Crippen LogP contribution in [0, 0.1) is 0 Å². The quantitative estimate of drug-likeness (QED) is 0.161. The van der Waals surface area contributed by atoms with E-state index in [4.69, 9.17) is 17.3 Å². The molecule has 152 valence electrons. The Morgan fingerprint density at radius 1 is 0.968 bits per heavy atom. The van der Waals surface area contributed by atoms with Gasteiger partial charge >= 0.3 is 59.1 Å². The maximum atomic E-state index is 12.4. The molecule has 0 amide bonds. The molecule has 3 aromatic rings. The predicted octanol–water partition coefficient (Wildman–Crippen LogP) is -3.28. The van der Waals surface area contributed by atoms with Crippen LogP contribution in [0.15, 0.2) is 62.5 Å². The monoisotopic (exact) mass is 501 g/mol. The third kappa shape index (κ3) is 6.39. The van der Waals surface area contributed by atoms with Gasteiger partial charge in [0, 0.05) is 10.4 Å². The van der Waals surface area contributed by atoms with Gasteiger partial charge in [-0.1, -0.05) is 29.5 Å². The number of nitrogens with two attached hydrogens (primary N) is 1. The van der Waals surface area contributed by atoms with Crippen LogP contribution < -0.4 is 70.0 Å². The largest absolute Gasteiger partial charge is 1.00 e. The normalized spacial score (nSPS) is 11.8. The van der Waals surface area contributed by atoms with E-state index in [1.54, 1.807) is 0 Å². The van der Waals surface area contributed by atoms with E-state index in [-0.39, 0.29) is 92.0 Å². The number of halogens is 1. The van der Waals surface area contributed by atoms with Crippen molar-refractivity contribution in [2.45, 2.75) is 9.79 Å². The molecule has 3 rings (SSSR count). The van der Waals surface area contributed by atoms with Crippen LogP contribution in [0.1, 0.15) is 0 Å². The zero-order valence-corrected chi connectivity index (χ0v) is 22.5. The fourth-order valence-electron chi connectivity index (χ4n) is 2.53. The van der Waals surface area contributed by atoms with Crippen molar-refractivity contribution in [1.82, 2.24) is 0 Å². The van der Waals surface area contributed by atoms with Gasteiger partial charge in [0.1, 0.15) is 26.4 Å². The molecule has 0 aliphatic heterocycles. The number of azo groups is 1. The summed E-state index contributed by atoms with van der Waals surface area (Å²) >= 11 is 5.73. The average Bonchev–Trinajstić information content (AvgIpc) is 2.60. The van der Waals surface area contributed by atoms with E-state index in [0.29, 0.717) is 6.07 Å². The van der Waals surface area contributed by atoms with Crippen LogP contribution in [-0.2, 0) is 20.2 Å². The Hall–Kier alpha value is -0.770. The minimum atomic E-state index is -4.86. The van der Waals surface area contributed by atoms with Gasteiger partial charge < -0.3 is 15.4 Å². The number of nitrogens with zero attached hydrogens (tertiary/aromatic N) is 2. The third-order valence-electron chi connectivity index (χ3n) is 3.81. The summed E-state index contributed by atoms with van der Waals surface area (Å²) in [6.45, 7) is 0. The molecular formula is C16H10ClN3Na2O7S2. The molecule has 31 heavy (non-hydrogen) atoms. The van der Waals surface area contributed by atoms with E-state index in [9.17, 15) is 31.0 Å². The van der Waals surface area contributed by atoms with Crippen LogP contribution in [0.3, 0.4) is 0 Å². The van der Waals surface area contributed by atoms with Gasteiger partial charge in [-0.15, -0.1) is 10.2 Å². The van der Waals surface area contributed by atoms with Crippen molar-refractivity contribution in [3.05, 3.63) is 47.5 Å². The minimum Gasteiger partial charge on any atom is -0.872 e. The van der Waals surface area contributed by atoms with Gasteiger partial charge in [-0.25, -0.2) is 8.42 Å². The number of hydrogen-bond donors (Lipinski definition) is 2. The Morgan fingerprint density at radius 2 is 1.61 bits per heavy atom. The standard InChI is InChI=1S/C16H12ClN3O7S2.2Na/c17-9-2-4-12(14(6-9)29(25,26)27)19-20-16-11(18)3-1-8-5-10(28(22,23)24)7-13(21)15(8)16;;/h1-7,21H,18H2,(H,22,23,24)(H,25,26,27);;/q;2*+1/p-2. The van der Waals surface area contributed by atoms with Gasteiger partial charge in [0.15, 0.2) is 0 Å². The van der Waals surface area contributed by atoms with Crippen LogP contribution in [0.5, 0.6) is 5.75 Å². The van der Waals surface area contributed by atoms with Crippen molar-refractivity contribution < 1.29 is 90.2 Å². The fraction of sp³-hybridized carbons (Fsp3) is 0. The maximum Gasteiger partial charge on any atom is 1.00 e. The molecular weight excluding hydrogens is 492 g/mol. The average molecular weight is 502 g/mol. The van der Waals surface area contributed by atoms with Gasteiger partial charge in [0.2, 0.25) is 0 Å². The molecule has 0 spiro atoms. The molecule has 15 heteroatoms. The summed E-state index contributed by atoms with van der Waals surface area (Å²) in [4.78, 5) is -1.33. The zero-order chi connectivity index (χ0) is 21.6. The summed E-state index contributed by atoms with van der Waals surface area (Å²) in [6, 6.07) is 7.70. The van der Waals surface area contributed by atoms with E-state index in [0.717, 1.165) is 12.1 Å². The van der Waals surface area contributed by atoms with E-state index >= 15 is 0 Å². The minimum absolute atomic E-state index is 0. The van der Waals surface area contributed by atoms with Gasteiger partial charge in [-0.3, -0.25) is 4.55 Å². The Balaban J connectivity index is 0.00000240. The van der Waals surface area contributed by atoms with Crippen molar-refractivity contribution in [2.24, 2.45) is 10.2 Å². The second-order valence-corrected chi connectivity index (χ2v) is 8.97. The SMILES string of the molecule is Nc1ccc2cc(S(=O)(=O)[O-])cc([O-])c2c1N=Nc1ccc(Cl)cc1S(=O)(=O)O.[Na+].[Na+]. The number of rotatable bonds is 4. The van der Waals surface area contributed by atoms with E-state index in [1.807, 2.05) is 0 Å². The summed E-state index contributed by atoms with van der Waals surface area (Å²) in [5.41, 5.74) is 5.37. The third-order valence-corrected chi connectivity index (χ3v) is 5.74.